The maximum atomic E-state index is 5.86. The van der Waals surface area contributed by atoms with Gasteiger partial charge in [0.15, 0.2) is 0 Å². The number of hydrogen-bond acceptors (Lipinski definition) is 3. The van der Waals surface area contributed by atoms with Crippen molar-refractivity contribution in [2.45, 2.75) is 13.0 Å². The molecule has 0 aliphatic rings. The van der Waals surface area contributed by atoms with Gasteiger partial charge in [0, 0.05) is 22.2 Å². The van der Waals surface area contributed by atoms with Crippen molar-refractivity contribution in [1.82, 2.24) is 0 Å². The molecule has 0 saturated heterocycles. The van der Waals surface area contributed by atoms with Crippen LogP contribution in [0.2, 0.25) is 0 Å². The Morgan fingerprint density at radius 3 is 2.75 bits per heavy atom. The highest BCUT2D eigenvalue weighted by atomic mass is 79.9. The van der Waals surface area contributed by atoms with E-state index in [-0.39, 0.29) is 6.04 Å². The molecule has 0 aliphatic carbocycles. The van der Waals surface area contributed by atoms with E-state index in [1.54, 1.807) is 7.11 Å². The summed E-state index contributed by atoms with van der Waals surface area (Å²) >= 11 is 3.25. The predicted octanol–water partition coefficient (Wildman–Crippen LogP) is 3.00. The van der Waals surface area contributed by atoms with Gasteiger partial charge in [-0.3, -0.25) is 0 Å². The van der Waals surface area contributed by atoms with Gasteiger partial charge in [-0.1, -0.05) is 28.6 Å². The Morgan fingerprint density at radius 1 is 1.56 bits per heavy atom. The first-order valence-corrected chi connectivity index (χ1v) is 5.73. The van der Waals surface area contributed by atoms with Crippen LogP contribution < -0.4 is 15.2 Å². The first-order chi connectivity index (χ1) is 7.54. The zero-order valence-corrected chi connectivity index (χ0v) is 11.1. The second-order valence-electron chi connectivity index (χ2n) is 3.50. The van der Waals surface area contributed by atoms with Gasteiger partial charge in [-0.2, -0.15) is 0 Å². The predicted molar refractivity (Wildman–Crippen MR) is 69.2 cm³/mol. The Kier molecular flexibility index (Phi) is 4.83. The summed E-state index contributed by atoms with van der Waals surface area (Å²) in [7, 11) is 1.62. The van der Waals surface area contributed by atoms with Gasteiger partial charge >= 0.3 is 0 Å². The summed E-state index contributed by atoms with van der Waals surface area (Å²) in [6.45, 7) is 6.04. The van der Waals surface area contributed by atoms with Crippen LogP contribution in [-0.2, 0) is 0 Å². The van der Waals surface area contributed by atoms with Crippen molar-refractivity contribution in [2.75, 3.05) is 13.7 Å². The highest BCUT2D eigenvalue weighted by molar-refractivity contribution is 9.11. The van der Waals surface area contributed by atoms with Crippen LogP contribution in [0.5, 0.6) is 11.5 Å². The molecule has 3 nitrogen and oxygen atoms in total. The van der Waals surface area contributed by atoms with Crippen molar-refractivity contribution < 1.29 is 9.47 Å². The van der Waals surface area contributed by atoms with E-state index in [2.05, 4.69) is 22.5 Å². The fraction of sp³-hybridized carbons (Fsp3) is 0.333. The van der Waals surface area contributed by atoms with Crippen LogP contribution in [0.3, 0.4) is 0 Å². The third-order valence-electron chi connectivity index (χ3n) is 2.10. The van der Waals surface area contributed by atoms with Crippen molar-refractivity contribution in [3.05, 3.63) is 34.8 Å². The molecule has 1 aromatic rings. The van der Waals surface area contributed by atoms with E-state index in [0.717, 1.165) is 21.5 Å². The van der Waals surface area contributed by atoms with Gasteiger partial charge in [0.1, 0.15) is 18.1 Å². The standard InChI is InChI=1S/C12H16BrNO2/c1-8(13)7-16-12-6-10(15-3)4-5-11(12)9(2)14/h4-6,9H,1,7,14H2,2-3H3. The SMILES string of the molecule is C=C(Br)COc1cc(OC)ccc1C(C)N. The van der Waals surface area contributed by atoms with Crippen LogP contribution >= 0.6 is 15.9 Å². The Morgan fingerprint density at radius 2 is 2.25 bits per heavy atom. The normalized spacial score (nSPS) is 12.0. The summed E-state index contributed by atoms with van der Waals surface area (Å²) in [5, 5.41) is 0. The van der Waals surface area contributed by atoms with Gasteiger partial charge < -0.3 is 15.2 Å². The van der Waals surface area contributed by atoms with Crippen LogP contribution in [0.15, 0.2) is 29.3 Å². The number of halogens is 1. The minimum absolute atomic E-state index is 0.0792. The molecule has 1 unspecified atom stereocenters. The molecule has 0 aliphatic heterocycles. The zero-order valence-electron chi connectivity index (χ0n) is 9.50. The third kappa shape index (κ3) is 3.54. The van der Waals surface area contributed by atoms with Crippen molar-refractivity contribution in [2.24, 2.45) is 5.73 Å². The zero-order chi connectivity index (χ0) is 12.1. The summed E-state index contributed by atoms with van der Waals surface area (Å²) in [5.74, 6) is 1.48. The fourth-order valence-electron chi connectivity index (χ4n) is 1.30. The van der Waals surface area contributed by atoms with E-state index < -0.39 is 0 Å². The van der Waals surface area contributed by atoms with Crippen LogP contribution in [0.4, 0.5) is 0 Å². The largest absolute Gasteiger partial charge is 0.497 e. The van der Waals surface area contributed by atoms with Gasteiger partial charge in [-0.05, 0) is 13.0 Å². The van der Waals surface area contributed by atoms with Gasteiger partial charge in [0.25, 0.3) is 0 Å². The number of hydrogen-bond donors (Lipinski definition) is 1. The maximum absolute atomic E-state index is 5.86. The summed E-state index contributed by atoms with van der Waals surface area (Å²) in [6.07, 6.45) is 0. The number of nitrogens with two attached hydrogens (primary N) is 1. The molecule has 2 N–H and O–H groups in total. The van der Waals surface area contributed by atoms with Crippen molar-refractivity contribution in [3.8, 4) is 11.5 Å². The smallest absolute Gasteiger partial charge is 0.128 e. The number of methoxy groups -OCH3 is 1. The highest BCUT2D eigenvalue weighted by Crippen LogP contribution is 2.29. The molecule has 0 bridgehead atoms. The molecule has 0 spiro atoms. The van der Waals surface area contributed by atoms with E-state index in [9.17, 15) is 0 Å². The van der Waals surface area contributed by atoms with E-state index >= 15 is 0 Å². The average Bonchev–Trinajstić information content (AvgIpc) is 2.25. The Balaban J connectivity index is 2.95. The molecule has 0 fully saturated rings. The lowest BCUT2D eigenvalue weighted by molar-refractivity contribution is 0.349. The van der Waals surface area contributed by atoms with Crippen molar-refractivity contribution in [1.29, 1.82) is 0 Å². The maximum Gasteiger partial charge on any atom is 0.128 e. The molecule has 1 atom stereocenters. The van der Waals surface area contributed by atoms with Gasteiger partial charge in [-0.25, -0.2) is 0 Å². The molecule has 0 saturated carbocycles. The second-order valence-corrected chi connectivity index (χ2v) is 4.62. The summed E-state index contributed by atoms with van der Waals surface area (Å²) < 4.78 is 11.5. The highest BCUT2D eigenvalue weighted by Gasteiger charge is 2.09. The Hall–Kier alpha value is -1.00. The molecule has 0 aromatic heterocycles. The van der Waals surface area contributed by atoms with Crippen molar-refractivity contribution >= 4 is 15.9 Å². The molecule has 1 aromatic carbocycles. The summed E-state index contributed by atoms with van der Waals surface area (Å²) in [6, 6.07) is 5.53. The van der Waals surface area contributed by atoms with Gasteiger partial charge in [0.2, 0.25) is 0 Å². The van der Waals surface area contributed by atoms with Crippen LogP contribution in [0.25, 0.3) is 0 Å². The minimum Gasteiger partial charge on any atom is -0.497 e. The lowest BCUT2D eigenvalue weighted by atomic mass is 10.1. The molecule has 1 rings (SSSR count). The molecule has 16 heavy (non-hydrogen) atoms. The third-order valence-corrected chi connectivity index (χ3v) is 2.32. The minimum atomic E-state index is -0.0792. The molecule has 88 valence electrons. The Labute approximate surface area is 104 Å². The number of rotatable bonds is 5. The van der Waals surface area contributed by atoms with E-state index in [4.69, 9.17) is 15.2 Å². The summed E-state index contributed by atoms with van der Waals surface area (Å²) in [5.41, 5.74) is 6.81. The Bertz CT molecular complexity index is 377. The molecule has 0 amide bonds. The van der Waals surface area contributed by atoms with Crippen LogP contribution in [0.1, 0.15) is 18.5 Å². The van der Waals surface area contributed by atoms with E-state index in [1.807, 2.05) is 25.1 Å². The fourth-order valence-corrected chi connectivity index (χ4v) is 1.41. The van der Waals surface area contributed by atoms with Crippen LogP contribution in [0, 0.1) is 0 Å². The number of benzene rings is 1. The topological polar surface area (TPSA) is 44.5 Å². The van der Waals surface area contributed by atoms with E-state index in [0.29, 0.717) is 6.61 Å². The molecule has 4 heteroatoms. The molecule has 0 heterocycles. The number of ether oxygens (including phenoxy) is 2. The first-order valence-electron chi connectivity index (χ1n) is 4.94. The lowest BCUT2D eigenvalue weighted by Gasteiger charge is -2.14. The lowest BCUT2D eigenvalue weighted by Crippen LogP contribution is -2.08. The monoisotopic (exact) mass is 285 g/mol. The first kappa shape index (κ1) is 13.1. The van der Waals surface area contributed by atoms with Gasteiger partial charge in [0.05, 0.1) is 7.11 Å². The van der Waals surface area contributed by atoms with Crippen molar-refractivity contribution in [3.63, 3.8) is 0 Å². The quantitative estimate of drug-likeness (QED) is 0.905. The van der Waals surface area contributed by atoms with Gasteiger partial charge in [-0.15, -0.1) is 0 Å². The van der Waals surface area contributed by atoms with E-state index in [1.165, 1.54) is 0 Å². The second kappa shape index (κ2) is 5.92. The summed E-state index contributed by atoms with van der Waals surface area (Å²) in [4.78, 5) is 0. The molecular formula is C12H16BrNO2. The molecule has 0 radical (unpaired) electrons. The average molecular weight is 286 g/mol. The molecular weight excluding hydrogens is 270 g/mol. The van der Waals surface area contributed by atoms with Crippen LogP contribution in [-0.4, -0.2) is 13.7 Å².